The monoisotopic (exact) mass is 458 g/mol. The van der Waals surface area contributed by atoms with Crippen molar-refractivity contribution in [3.8, 4) is 5.75 Å². The van der Waals surface area contributed by atoms with E-state index in [1.54, 1.807) is 17.8 Å². The summed E-state index contributed by atoms with van der Waals surface area (Å²) in [6, 6.07) is 17.5. The van der Waals surface area contributed by atoms with E-state index >= 15 is 0 Å². The van der Waals surface area contributed by atoms with Gasteiger partial charge in [-0.2, -0.15) is 10.1 Å². The van der Waals surface area contributed by atoms with Crippen molar-refractivity contribution in [3.05, 3.63) is 98.7 Å². The van der Waals surface area contributed by atoms with Gasteiger partial charge in [0.25, 0.3) is 5.56 Å². The number of fused-ring (bicyclic) bond motifs is 1. The minimum atomic E-state index is -0.443. The number of rotatable bonds is 8. The fourth-order valence-corrected chi connectivity index (χ4v) is 3.51. The fourth-order valence-electron chi connectivity index (χ4n) is 3.51. The molecule has 2 aromatic heterocycles. The molecule has 9 nitrogen and oxygen atoms in total. The summed E-state index contributed by atoms with van der Waals surface area (Å²) in [6.07, 6.45) is 1.64. The molecule has 0 amide bonds. The summed E-state index contributed by atoms with van der Waals surface area (Å²) in [7, 11) is 3.03. The van der Waals surface area contributed by atoms with Crippen molar-refractivity contribution in [3.63, 3.8) is 0 Å². The van der Waals surface area contributed by atoms with Gasteiger partial charge < -0.3 is 4.74 Å². The highest BCUT2D eigenvalue weighted by atomic mass is 16.5. The van der Waals surface area contributed by atoms with E-state index in [0.29, 0.717) is 24.6 Å². The number of ether oxygens (including phenoxy) is 1. The lowest BCUT2D eigenvalue weighted by Gasteiger charge is -2.08. The van der Waals surface area contributed by atoms with Crippen molar-refractivity contribution in [2.45, 2.75) is 20.1 Å². The first-order valence-electron chi connectivity index (χ1n) is 10.7. The standard InChI is InChI=1S/C25H26N6O3/c1-17(2)15-31-21-22(29(3)25(33)30(4)23(21)32)27-24(31)28-26-14-18-10-12-20(13-11-18)34-16-19-8-6-5-7-9-19/h5-14H,1,15-16H2,2-4H3,(H,27,28). The molecule has 0 spiro atoms. The average Bonchev–Trinajstić information content (AvgIpc) is 3.19. The van der Waals surface area contributed by atoms with Crippen molar-refractivity contribution in [2.24, 2.45) is 19.2 Å². The van der Waals surface area contributed by atoms with E-state index in [-0.39, 0.29) is 5.65 Å². The number of hydrazone groups is 1. The van der Waals surface area contributed by atoms with Gasteiger partial charge in [0.05, 0.1) is 6.21 Å². The van der Waals surface area contributed by atoms with E-state index in [1.807, 2.05) is 61.5 Å². The van der Waals surface area contributed by atoms with Gasteiger partial charge in [0.2, 0.25) is 5.95 Å². The maximum Gasteiger partial charge on any atom is 0.332 e. The molecule has 0 unspecified atom stereocenters. The van der Waals surface area contributed by atoms with Crippen LogP contribution in [-0.2, 0) is 27.2 Å². The molecule has 174 valence electrons. The molecule has 0 saturated heterocycles. The van der Waals surface area contributed by atoms with Gasteiger partial charge in [-0.15, -0.1) is 0 Å². The number of allylic oxidation sites excluding steroid dienone is 1. The number of aryl methyl sites for hydroxylation is 1. The molecule has 1 N–H and O–H groups in total. The Kier molecular flexibility index (Phi) is 6.44. The predicted molar refractivity (Wildman–Crippen MR) is 133 cm³/mol. The molecule has 0 aliphatic carbocycles. The van der Waals surface area contributed by atoms with Crippen molar-refractivity contribution in [2.75, 3.05) is 5.43 Å². The number of hydrogen-bond donors (Lipinski definition) is 1. The summed E-state index contributed by atoms with van der Waals surface area (Å²) in [5.41, 5.74) is 5.41. The number of hydrogen-bond acceptors (Lipinski definition) is 6. The van der Waals surface area contributed by atoms with Crippen LogP contribution < -0.4 is 21.4 Å². The van der Waals surface area contributed by atoms with Crippen LogP contribution in [-0.4, -0.2) is 24.9 Å². The molecule has 0 atom stereocenters. The number of aromatic nitrogens is 4. The predicted octanol–water partition coefficient (Wildman–Crippen LogP) is 3.03. The van der Waals surface area contributed by atoms with Crippen molar-refractivity contribution in [1.29, 1.82) is 0 Å². The first kappa shape index (κ1) is 22.8. The summed E-state index contributed by atoms with van der Waals surface area (Å²) in [5, 5.41) is 4.28. The lowest BCUT2D eigenvalue weighted by molar-refractivity contribution is 0.306. The molecule has 34 heavy (non-hydrogen) atoms. The van der Waals surface area contributed by atoms with Crippen molar-refractivity contribution < 1.29 is 4.74 Å². The molecule has 0 aliphatic rings. The summed E-state index contributed by atoms with van der Waals surface area (Å²) in [5.74, 6) is 1.10. The zero-order valence-corrected chi connectivity index (χ0v) is 19.4. The molecular formula is C25H26N6O3. The number of nitrogens with one attached hydrogen (secondary N) is 1. The van der Waals surface area contributed by atoms with Crippen molar-refractivity contribution >= 4 is 23.3 Å². The molecule has 0 radical (unpaired) electrons. The normalized spacial score (nSPS) is 11.3. The van der Waals surface area contributed by atoms with Crippen LogP contribution in [0.5, 0.6) is 5.75 Å². The molecule has 0 saturated carbocycles. The molecule has 2 aromatic carbocycles. The highest BCUT2D eigenvalue weighted by Gasteiger charge is 2.18. The van der Waals surface area contributed by atoms with Crippen LogP contribution >= 0.6 is 0 Å². The maximum absolute atomic E-state index is 12.8. The summed E-state index contributed by atoms with van der Waals surface area (Å²) in [4.78, 5) is 29.5. The van der Waals surface area contributed by atoms with Gasteiger partial charge in [-0.25, -0.2) is 10.2 Å². The summed E-state index contributed by atoms with van der Waals surface area (Å²) < 4.78 is 9.89. The fraction of sp³-hybridized carbons (Fsp3) is 0.200. The van der Waals surface area contributed by atoms with E-state index in [4.69, 9.17) is 4.74 Å². The molecule has 4 rings (SSSR count). The van der Waals surface area contributed by atoms with E-state index in [0.717, 1.165) is 27.0 Å². The molecule has 0 bridgehead atoms. The lowest BCUT2D eigenvalue weighted by Crippen LogP contribution is -2.37. The van der Waals surface area contributed by atoms with Gasteiger partial charge in [0, 0.05) is 20.6 Å². The van der Waals surface area contributed by atoms with Crippen LogP contribution in [0.15, 0.2) is 81.4 Å². The second-order valence-electron chi connectivity index (χ2n) is 8.07. The third-order valence-electron chi connectivity index (χ3n) is 5.28. The minimum absolute atomic E-state index is 0.284. The van der Waals surface area contributed by atoms with Gasteiger partial charge in [0.15, 0.2) is 11.2 Å². The summed E-state index contributed by atoms with van der Waals surface area (Å²) in [6.45, 7) is 6.64. The second-order valence-corrected chi connectivity index (χ2v) is 8.07. The first-order valence-corrected chi connectivity index (χ1v) is 10.7. The van der Waals surface area contributed by atoms with E-state index < -0.39 is 11.2 Å². The zero-order chi connectivity index (χ0) is 24.2. The highest BCUT2D eigenvalue weighted by Crippen LogP contribution is 2.17. The second kappa shape index (κ2) is 9.62. The van der Waals surface area contributed by atoms with Crippen LogP contribution in [0.25, 0.3) is 11.2 Å². The van der Waals surface area contributed by atoms with E-state index in [2.05, 4.69) is 22.1 Å². The minimum Gasteiger partial charge on any atom is -0.489 e. The van der Waals surface area contributed by atoms with Crippen molar-refractivity contribution in [1.82, 2.24) is 18.7 Å². The molecule has 9 heteroatoms. The Labute approximate surface area is 196 Å². The SMILES string of the molecule is C=C(C)Cn1c(NN=Cc2ccc(OCc3ccccc3)cc2)nc2c1c(=O)n(C)c(=O)n2C. The molecule has 4 aromatic rings. The van der Waals surface area contributed by atoms with Gasteiger partial charge in [-0.3, -0.25) is 18.5 Å². The molecule has 0 fully saturated rings. The van der Waals surface area contributed by atoms with Crippen LogP contribution in [0.2, 0.25) is 0 Å². The van der Waals surface area contributed by atoms with E-state index in [9.17, 15) is 9.59 Å². The van der Waals surface area contributed by atoms with Gasteiger partial charge in [-0.1, -0.05) is 42.5 Å². The third kappa shape index (κ3) is 4.68. The Hall–Kier alpha value is -4.40. The number of imidazole rings is 1. The van der Waals surface area contributed by atoms with Crippen LogP contribution in [0.3, 0.4) is 0 Å². The Morgan fingerprint density at radius 3 is 2.47 bits per heavy atom. The van der Waals surface area contributed by atoms with Gasteiger partial charge >= 0.3 is 5.69 Å². The number of anilines is 1. The number of nitrogens with zero attached hydrogens (tertiary/aromatic N) is 5. The lowest BCUT2D eigenvalue weighted by atomic mass is 10.2. The topological polar surface area (TPSA) is 95.4 Å². The maximum atomic E-state index is 12.8. The third-order valence-corrected chi connectivity index (χ3v) is 5.28. The Morgan fingerprint density at radius 2 is 1.79 bits per heavy atom. The quantitative estimate of drug-likeness (QED) is 0.249. The zero-order valence-electron chi connectivity index (χ0n) is 19.4. The largest absolute Gasteiger partial charge is 0.489 e. The average molecular weight is 459 g/mol. The Morgan fingerprint density at radius 1 is 1.09 bits per heavy atom. The summed E-state index contributed by atoms with van der Waals surface area (Å²) >= 11 is 0. The smallest absolute Gasteiger partial charge is 0.332 e. The number of benzene rings is 2. The van der Waals surface area contributed by atoms with E-state index in [1.165, 1.54) is 11.6 Å². The van der Waals surface area contributed by atoms with Crippen LogP contribution in [0.4, 0.5) is 5.95 Å². The van der Waals surface area contributed by atoms with Crippen LogP contribution in [0.1, 0.15) is 18.1 Å². The van der Waals surface area contributed by atoms with Crippen LogP contribution in [0, 0.1) is 0 Å². The Bertz CT molecular complexity index is 1480. The molecule has 2 heterocycles. The Balaban J connectivity index is 1.53. The van der Waals surface area contributed by atoms with Gasteiger partial charge in [-0.05, 0) is 42.3 Å². The highest BCUT2D eigenvalue weighted by molar-refractivity contribution is 5.80. The van der Waals surface area contributed by atoms with Gasteiger partial charge in [0.1, 0.15) is 12.4 Å². The molecule has 0 aliphatic heterocycles. The first-order chi connectivity index (χ1) is 16.3. The molecular weight excluding hydrogens is 432 g/mol.